The number of piperazine rings is 1. The van der Waals surface area contributed by atoms with Crippen LogP contribution in [-0.4, -0.2) is 49.4 Å². The molecule has 0 unspecified atom stereocenters. The van der Waals surface area contributed by atoms with E-state index in [0.29, 0.717) is 6.54 Å². The first-order valence-electron chi connectivity index (χ1n) is 9.22. The lowest BCUT2D eigenvalue weighted by atomic mass is 10.1. The van der Waals surface area contributed by atoms with Gasteiger partial charge in [0.05, 0.1) is 6.54 Å². The number of amides is 2. The smallest absolute Gasteiger partial charge is 0.238 e. The lowest BCUT2D eigenvalue weighted by Crippen LogP contribution is -2.48. The van der Waals surface area contributed by atoms with Crippen LogP contribution in [0.3, 0.4) is 0 Å². The number of rotatable bonds is 5. The largest absolute Gasteiger partial charge is 0.369 e. The number of hydrogen-bond acceptors (Lipinski definition) is 4. The van der Waals surface area contributed by atoms with E-state index >= 15 is 0 Å². The molecule has 2 N–H and O–H groups in total. The van der Waals surface area contributed by atoms with Gasteiger partial charge in [0.1, 0.15) is 0 Å². The van der Waals surface area contributed by atoms with E-state index in [9.17, 15) is 9.59 Å². The van der Waals surface area contributed by atoms with Crippen molar-refractivity contribution in [1.29, 1.82) is 0 Å². The molecule has 1 fully saturated rings. The van der Waals surface area contributed by atoms with Gasteiger partial charge in [0.15, 0.2) is 0 Å². The molecular formula is C21H26N4O2. The third-order valence-corrected chi connectivity index (χ3v) is 4.68. The standard InChI is InChI=1S/C21H26N4O2/c1-16-14-18(8-9-20(16)22-17(2)26)23-21(27)15-24-10-12-25(13-11-24)19-6-4-3-5-7-19/h3-9,14H,10-13,15H2,1-2H3,(H,22,26)(H,23,27). The molecule has 0 radical (unpaired) electrons. The van der Waals surface area contributed by atoms with E-state index in [4.69, 9.17) is 0 Å². The van der Waals surface area contributed by atoms with Crippen LogP contribution in [0.2, 0.25) is 0 Å². The summed E-state index contributed by atoms with van der Waals surface area (Å²) in [6.07, 6.45) is 0. The van der Waals surface area contributed by atoms with E-state index in [1.807, 2.05) is 43.3 Å². The Morgan fingerprint density at radius 3 is 2.30 bits per heavy atom. The van der Waals surface area contributed by atoms with Gasteiger partial charge in [-0.3, -0.25) is 14.5 Å². The zero-order valence-electron chi connectivity index (χ0n) is 15.9. The van der Waals surface area contributed by atoms with Crippen molar-refractivity contribution in [3.05, 3.63) is 54.1 Å². The van der Waals surface area contributed by atoms with Gasteiger partial charge in [0.2, 0.25) is 11.8 Å². The van der Waals surface area contributed by atoms with Crippen LogP contribution in [-0.2, 0) is 9.59 Å². The molecule has 6 nitrogen and oxygen atoms in total. The Labute approximate surface area is 160 Å². The van der Waals surface area contributed by atoms with Crippen LogP contribution in [0, 0.1) is 6.92 Å². The van der Waals surface area contributed by atoms with E-state index in [-0.39, 0.29) is 11.8 Å². The predicted octanol–water partition coefficient (Wildman–Crippen LogP) is 2.71. The number of aryl methyl sites for hydroxylation is 1. The summed E-state index contributed by atoms with van der Waals surface area (Å²) in [7, 11) is 0. The average Bonchev–Trinajstić information content (AvgIpc) is 2.65. The first kappa shape index (κ1) is 18.9. The van der Waals surface area contributed by atoms with E-state index in [2.05, 4.69) is 32.6 Å². The van der Waals surface area contributed by atoms with E-state index < -0.39 is 0 Å². The molecule has 0 aliphatic carbocycles. The summed E-state index contributed by atoms with van der Waals surface area (Å²) in [5, 5.41) is 5.72. The van der Waals surface area contributed by atoms with Crippen LogP contribution in [0.5, 0.6) is 0 Å². The number of anilines is 3. The summed E-state index contributed by atoms with van der Waals surface area (Å²) in [6.45, 7) is 7.33. The first-order valence-corrected chi connectivity index (χ1v) is 9.22. The minimum Gasteiger partial charge on any atom is -0.369 e. The third kappa shape index (κ3) is 5.31. The van der Waals surface area contributed by atoms with Crippen molar-refractivity contribution in [2.75, 3.05) is 48.3 Å². The number of carbonyl (C=O) groups is 2. The summed E-state index contributed by atoms with van der Waals surface area (Å²) in [5.41, 5.74) is 3.66. The topological polar surface area (TPSA) is 64.7 Å². The fourth-order valence-electron chi connectivity index (χ4n) is 3.28. The highest BCUT2D eigenvalue weighted by Gasteiger charge is 2.19. The van der Waals surface area contributed by atoms with Crippen LogP contribution in [0.1, 0.15) is 12.5 Å². The molecule has 3 rings (SSSR count). The van der Waals surface area contributed by atoms with Crippen LogP contribution >= 0.6 is 0 Å². The Balaban J connectivity index is 1.49. The zero-order valence-corrected chi connectivity index (χ0v) is 15.9. The minimum absolute atomic E-state index is 0.0187. The molecule has 2 aromatic carbocycles. The van der Waals surface area contributed by atoms with Crippen LogP contribution in [0.15, 0.2) is 48.5 Å². The van der Waals surface area contributed by atoms with Gasteiger partial charge in [-0.05, 0) is 42.8 Å². The molecule has 1 saturated heterocycles. The highest BCUT2D eigenvalue weighted by Crippen LogP contribution is 2.20. The Morgan fingerprint density at radius 1 is 0.963 bits per heavy atom. The molecule has 6 heteroatoms. The van der Waals surface area contributed by atoms with Crippen LogP contribution in [0.4, 0.5) is 17.1 Å². The molecule has 2 amide bonds. The van der Waals surface area contributed by atoms with Crippen LogP contribution < -0.4 is 15.5 Å². The average molecular weight is 366 g/mol. The van der Waals surface area contributed by atoms with Gasteiger partial charge in [-0.2, -0.15) is 0 Å². The molecule has 1 aliphatic rings. The molecule has 27 heavy (non-hydrogen) atoms. The molecular weight excluding hydrogens is 340 g/mol. The minimum atomic E-state index is -0.107. The fraction of sp³-hybridized carbons (Fsp3) is 0.333. The monoisotopic (exact) mass is 366 g/mol. The van der Waals surface area contributed by atoms with Crippen molar-refractivity contribution in [3.8, 4) is 0 Å². The maximum absolute atomic E-state index is 12.4. The number of benzene rings is 2. The molecule has 1 heterocycles. The van der Waals surface area contributed by atoms with E-state index in [1.54, 1.807) is 0 Å². The van der Waals surface area contributed by atoms with Crippen molar-refractivity contribution < 1.29 is 9.59 Å². The maximum atomic E-state index is 12.4. The summed E-state index contributed by atoms with van der Waals surface area (Å²) in [4.78, 5) is 28.1. The van der Waals surface area contributed by atoms with Gasteiger partial charge in [0.25, 0.3) is 0 Å². The lowest BCUT2D eigenvalue weighted by Gasteiger charge is -2.35. The van der Waals surface area contributed by atoms with Crippen molar-refractivity contribution in [2.24, 2.45) is 0 Å². The Bertz CT molecular complexity index is 799. The molecule has 0 atom stereocenters. The quantitative estimate of drug-likeness (QED) is 0.854. The van der Waals surface area contributed by atoms with Crippen LogP contribution in [0.25, 0.3) is 0 Å². The SMILES string of the molecule is CC(=O)Nc1ccc(NC(=O)CN2CCN(c3ccccc3)CC2)cc1C. The number of nitrogens with zero attached hydrogens (tertiary/aromatic N) is 2. The summed E-state index contributed by atoms with van der Waals surface area (Å²) in [5.74, 6) is -0.126. The number of nitrogens with one attached hydrogen (secondary N) is 2. The second-order valence-electron chi connectivity index (χ2n) is 6.86. The summed E-state index contributed by atoms with van der Waals surface area (Å²) in [6, 6.07) is 15.9. The van der Waals surface area contributed by atoms with E-state index in [1.165, 1.54) is 12.6 Å². The molecule has 0 aromatic heterocycles. The number of para-hydroxylation sites is 1. The van der Waals surface area contributed by atoms with Gasteiger partial charge in [0, 0.05) is 50.2 Å². The van der Waals surface area contributed by atoms with Gasteiger partial charge in [-0.1, -0.05) is 18.2 Å². The Hall–Kier alpha value is -2.86. The third-order valence-electron chi connectivity index (χ3n) is 4.68. The molecule has 0 bridgehead atoms. The normalized spacial score (nSPS) is 14.7. The zero-order chi connectivity index (χ0) is 19.2. The molecule has 0 spiro atoms. The Morgan fingerprint density at radius 2 is 1.67 bits per heavy atom. The maximum Gasteiger partial charge on any atom is 0.238 e. The Kier molecular flexibility index (Phi) is 6.08. The predicted molar refractivity (Wildman–Crippen MR) is 109 cm³/mol. The van der Waals surface area contributed by atoms with Gasteiger partial charge in [-0.25, -0.2) is 0 Å². The van der Waals surface area contributed by atoms with Gasteiger partial charge in [-0.15, -0.1) is 0 Å². The highest BCUT2D eigenvalue weighted by atomic mass is 16.2. The van der Waals surface area contributed by atoms with Gasteiger partial charge >= 0.3 is 0 Å². The molecule has 1 aliphatic heterocycles. The second-order valence-corrected chi connectivity index (χ2v) is 6.86. The second kappa shape index (κ2) is 8.68. The van der Waals surface area contributed by atoms with Crippen molar-refractivity contribution in [2.45, 2.75) is 13.8 Å². The lowest BCUT2D eigenvalue weighted by molar-refractivity contribution is -0.117. The van der Waals surface area contributed by atoms with Crippen molar-refractivity contribution >= 4 is 28.9 Å². The van der Waals surface area contributed by atoms with Crippen molar-refractivity contribution in [1.82, 2.24) is 4.90 Å². The highest BCUT2D eigenvalue weighted by molar-refractivity contribution is 5.93. The number of hydrogen-bond donors (Lipinski definition) is 2. The molecule has 0 saturated carbocycles. The number of carbonyl (C=O) groups excluding carboxylic acids is 2. The van der Waals surface area contributed by atoms with Gasteiger partial charge < -0.3 is 15.5 Å². The fourth-order valence-corrected chi connectivity index (χ4v) is 3.28. The van der Waals surface area contributed by atoms with Crippen molar-refractivity contribution in [3.63, 3.8) is 0 Å². The summed E-state index contributed by atoms with van der Waals surface area (Å²) >= 11 is 0. The molecule has 142 valence electrons. The first-order chi connectivity index (χ1) is 13.0. The summed E-state index contributed by atoms with van der Waals surface area (Å²) < 4.78 is 0. The van der Waals surface area contributed by atoms with E-state index in [0.717, 1.165) is 43.1 Å². The molecule has 2 aromatic rings.